The minimum absolute atomic E-state index is 0.0585. The summed E-state index contributed by atoms with van der Waals surface area (Å²) in [6, 6.07) is 9.72. The molecule has 0 aliphatic carbocycles. The third-order valence-electron chi connectivity index (χ3n) is 6.43. The Balaban J connectivity index is 1.57. The number of carbonyl (C=O) groups is 2. The summed E-state index contributed by atoms with van der Waals surface area (Å²) in [4.78, 5) is 33.0. The number of amides is 2. The maximum Gasteiger partial charge on any atom is 0.224 e. The Kier molecular flexibility index (Phi) is 6.96. The predicted molar refractivity (Wildman–Crippen MR) is 132 cm³/mol. The molecule has 8 heteroatoms. The molecule has 0 radical (unpaired) electrons. The number of piperazine rings is 1. The summed E-state index contributed by atoms with van der Waals surface area (Å²) in [7, 11) is 0. The molecule has 6 nitrogen and oxygen atoms in total. The molecule has 2 heterocycles. The fraction of sp³-hybridized carbons (Fsp3) is 0.400. The first-order valence-electron chi connectivity index (χ1n) is 11.2. The van der Waals surface area contributed by atoms with Crippen LogP contribution >= 0.6 is 23.2 Å². The molecule has 4 rings (SSSR count). The third kappa shape index (κ3) is 5.17. The van der Waals surface area contributed by atoms with Crippen molar-refractivity contribution in [3.8, 4) is 0 Å². The molecule has 1 aliphatic heterocycles. The molecule has 0 atom stereocenters. The number of benzene rings is 2. The van der Waals surface area contributed by atoms with E-state index in [1.165, 1.54) is 11.1 Å². The second-order valence-corrected chi connectivity index (χ2v) is 9.50. The first-order chi connectivity index (χ1) is 15.7. The van der Waals surface area contributed by atoms with E-state index in [2.05, 4.69) is 30.5 Å². The lowest BCUT2D eigenvalue weighted by atomic mass is 10.1. The average Bonchev–Trinajstić information content (AvgIpc) is 3.10. The Morgan fingerprint density at radius 2 is 1.64 bits per heavy atom. The molecule has 0 unspecified atom stereocenters. The minimum Gasteiger partial charge on any atom is -0.339 e. The highest BCUT2D eigenvalue weighted by atomic mass is 35.5. The van der Waals surface area contributed by atoms with Gasteiger partial charge in [-0.3, -0.25) is 9.59 Å². The van der Waals surface area contributed by atoms with Crippen LogP contribution in [-0.2, 0) is 22.6 Å². The fourth-order valence-electron chi connectivity index (χ4n) is 4.29. The molecule has 2 aromatic carbocycles. The molecule has 0 bridgehead atoms. The predicted octanol–water partition coefficient (Wildman–Crippen LogP) is 4.63. The van der Waals surface area contributed by atoms with Crippen LogP contribution in [-0.4, -0.2) is 57.3 Å². The molecule has 1 aromatic heterocycles. The van der Waals surface area contributed by atoms with Crippen molar-refractivity contribution in [1.82, 2.24) is 19.4 Å². The van der Waals surface area contributed by atoms with Crippen LogP contribution in [0, 0.1) is 13.8 Å². The Hall–Kier alpha value is -2.57. The summed E-state index contributed by atoms with van der Waals surface area (Å²) in [6.45, 7) is 8.60. The van der Waals surface area contributed by atoms with Crippen molar-refractivity contribution >= 4 is 46.0 Å². The number of imidazole rings is 1. The number of hydrogen-bond donors (Lipinski definition) is 0. The van der Waals surface area contributed by atoms with Gasteiger partial charge >= 0.3 is 0 Å². The number of halogens is 2. The molecule has 1 aliphatic rings. The molecule has 3 aromatic rings. The molecular weight excluding hydrogens is 459 g/mol. The maximum atomic E-state index is 12.9. The summed E-state index contributed by atoms with van der Waals surface area (Å²) in [5, 5.41) is 1.20. The van der Waals surface area contributed by atoms with E-state index in [9.17, 15) is 9.59 Å². The van der Waals surface area contributed by atoms with Gasteiger partial charge in [-0.1, -0.05) is 29.3 Å². The highest BCUT2D eigenvalue weighted by molar-refractivity contribution is 6.35. The largest absolute Gasteiger partial charge is 0.339 e. The van der Waals surface area contributed by atoms with Crippen LogP contribution in [0.2, 0.25) is 10.0 Å². The molecule has 2 amide bonds. The van der Waals surface area contributed by atoms with E-state index in [-0.39, 0.29) is 11.8 Å². The molecule has 33 heavy (non-hydrogen) atoms. The number of nitrogens with zero attached hydrogens (tertiary/aromatic N) is 4. The Labute approximate surface area is 204 Å². The van der Waals surface area contributed by atoms with Crippen LogP contribution < -0.4 is 0 Å². The molecule has 174 valence electrons. The molecule has 0 spiro atoms. The first-order valence-corrected chi connectivity index (χ1v) is 11.9. The monoisotopic (exact) mass is 486 g/mol. The lowest BCUT2D eigenvalue weighted by Gasteiger charge is -2.34. The van der Waals surface area contributed by atoms with Gasteiger partial charge in [-0.05, 0) is 54.8 Å². The van der Waals surface area contributed by atoms with Crippen molar-refractivity contribution in [2.45, 2.75) is 40.2 Å². The second-order valence-electron chi connectivity index (χ2n) is 8.65. The topological polar surface area (TPSA) is 58.4 Å². The van der Waals surface area contributed by atoms with Gasteiger partial charge in [-0.15, -0.1) is 0 Å². The Morgan fingerprint density at radius 3 is 2.30 bits per heavy atom. The second kappa shape index (κ2) is 9.74. The van der Waals surface area contributed by atoms with Gasteiger partial charge in [0.25, 0.3) is 0 Å². The van der Waals surface area contributed by atoms with Gasteiger partial charge in [0.2, 0.25) is 11.8 Å². The lowest BCUT2D eigenvalue weighted by Crippen LogP contribution is -2.50. The van der Waals surface area contributed by atoms with Crippen molar-refractivity contribution in [2.75, 3.05) is 26.2 Å². The molecule has 0 N–H and O–H groups in total. The van der Waals surface area contributed by atoms with Crippen molar-refractivity contribution in [1.29, 1.82) is 0 Å². The first kappa shape index (κ1) is 23.6. The Morgan fingerprint density at radius 1 is 0.970 bits per heavy atom. The van der Waals surface area contributed by atoms with Gasteiger partial charge in [0.1, 0.15) is 5.82 Å². The van der Waals surface area contributed by atoms with Gasteiger partial charge in [0, 0.05) is 62.5 Å². The van der Waals surface area contributed by atoms with Crippen molar-refractivity contribution in [3.05, 3.63) is 62.9 Å². The number of carbonyl (C=O) groups excluding carboxylic acids is 2. The summed E-state index contributed by atoms with van der Waals surface area (Å²) in [6.07, 6.45) is 0.925. The number of fused-ring (bicyclic) bond motifs is 1. The quantitative estimate of drug-likeness (QED) is 0.527. The zero-order valence-corrected chi connectivity index (χ0v) is 20.7. The van der Waals surface area contributed by atoms with Gasteiger partial charge in [0.15, 0.2) is 0 Å². The van der Waals surface area contributed by atoms with Crippen LogP contribution in [0.25, 0.3) is 11.0 Å². The minimum atomic E-state index is 0.0585. The van der Waals surface area contributed by atoms with E-state index in [1.54, 1.807) is 17.9 Å². The van der Waals surface area contributed by atoms with E-state index in [1.807, 2.05) is 17.0 Å². The van der Waals surface area contributed by atoms with Crippen LogP contribution in [0.4, 0.5) is 0 Å². The number of aromatic nitrogens is 2. The van der Waals surface area contributed by atoms with Crippen molar-refractivity contribution in [2.24, 2.45) is 0 Å². The SMILES string of the molecule is CC(=O)N1CCN(C(=O)CCn2c(Cc3ccc(Cl)cc3Cl)nc3cc(C)c(C)cc32)CC1. The van der Waals surface area contributed by atoms with Gasteiger partial charge in [0.05, 0.1) is 11.0 Å². The standard InChI is InChI=1S/C25H28Cl2N4O2/c1-16-12-22-23(13-17(16)2)31(24(28-22)14-19-4-5-20(26)15-21(19)27)7-6-25(33)30-10-8-29(9-11-30)18(3)32/h4-5,12-13,15H,6-11,14H2,1-3H3. The maximum absolute atomic E-state index is 12.9. The van der Waals surface area contributed by atoms with Gasteiger partial charge in [-0.2, -0.15) is 0 Å². The summed E-state index contributed by atoms with van der Waals surface area (Å²) >= 11 is 12.5. The zero-order chi connectivity index (χ0) is 23.7. The smallest absolute Gasteiger partial charge is 0.224 e. The summed E-state index contributed by atoms with van der Waals surface area (Å²) in [5.74, 6) is 1.02. The van der Waals surface area contributed by atoms with Crippen LogP contribution in [0.1, 0.15) is 35.9 Å². The van der Waals surface area contributed by atoms with Gasteiger partial charge in [-0.25, -0.2) is 4.98 Å². The highest BCUT2D eigenvalue weighted by Crippen LogP contribution is 2.27. The molecule has 1 saturated heterocycles. The molecular formula is C25H28Cl2N4O2. The highest BCUT2D eigenvalue weighted by Gasteiger charge is 2.23. The normalized spacial score (nSPS) is 14.2. The molecule has 1 fully saturated rings. The van der Waals surface area contributed by atoms with E-state index in [0.29, 0.717) is 55.6 Å². The van der Waals surface area contributed by atoms with E-state index in [0.717, 1.165) is 22.4 Å². The van der Waals surface area contributed by atoms with Crippen LogP contribution in [0.15, 0.2) is 30.3 Å². The van der Waals surface area contributed by atoms with Crippen molar-refractivity contribution in [3.63, 3.8) is 0 Å². The Bertz CT molecular complexity index is 1210. The fourth-order valence-corrected chi connectivity index (χ4v) is 4.76. The summed E-state index contributed by atoms with van der Waals surface area (Å²) < 4.78 is 2.14. The van der Waals surface area contributed by atoms with Crippen LogP contribution in [0.3, 0.4) is 0 Å². The molecule has 0 saturated carbocycles. The van der Waals surface area contributed by atoms with E-state index in [4.69, 9.17) is 28.2 Å². The average molecular weight is 487 g/mol. The van der Waals surface area contributed by atoms with E-state index < -0.39 is 0 Å². The van der Waals surface area contributed by atoms with Crippen molar-refractivity contribution < 1.29 is 9.59 Å². The third-order valence-corrected chi connectivity index (χ3v) is 7.02. The zero-order valence-electron chi connectivity index (χ0n) is 19.2. The van der Waals surface area contributed by atoms with Gasteiger partial charge < -0.3 is 14.4 Å². The number of aryl methyl sites for hydroxylation is 3. The number of hydrogen-bond acceptors (Lipinski definition) is 3. The number of rotatable bonds is 5. The van der Waals surface area contributed by atoms with E-state index >= 15 is 0 Å². The lowest BCUT2D eigenvalue weighted by molar-refractivity contribution is -0.138. The van der Waals surface area contributed by atoms with Crippen LogP contribution in [0.5, 0.6) is 0 Å². The summed E-state index contributed by atoms with van der Waals surface area (Å²) in [5.41, 5.74) is 5.25.